The fourth-order valence-corrected chi connectivity index (χ4v) is 2.74. The molecule has 0 radical (unpaired) electrons. The third-order valence-corrected chi connectivity index (χ3v) is 4.16. The number of fused-ring (bicyclic) bond motifs is 1. The Bertz CT molecular complexity index is 693. The molecule has 0 saturated carbocycles. The summed E-state index contributed by atoms with van der Waals surface area (Å²) in [5.74, 6) is 0.322. The Morgan fingerprint density at radius 1 is 1.39 bits per heavy atom. The van der Waals surface area contributed by atoms with Gasteiger partial charge in [0.15, 0.2) is 5.65 Å². The molecule has 0 fully saturated rings. The summed E-state index contributed by atoms with van der Waals surface area (Å²) in [4.78, 5) is 16.6. The summed E-state index contributed by atoms with van der Waals surface area (Å²) in [6.45, 7) is 8.72. The van der Waals surface area contributed by atoms with Crippen molar-refractivity contribution in [2.75, 3.05) is 13.2 Å². The Morgan fingerprint density at radius 2 is 2.13 bits per heavy atom. The molecule has 0 bridgehead atoms. The number of nitrogens with zero attached hydrogens (tertiary/aromatic N) is 3. The van der Waals surface area contributed by atoms with Crippen molar-refractivity contribution in [1.29, 1.82) is 0 Å². The van der Waals surface area contributed by atoms with Crippen LogP contribution in [0.2, 0.25) is 0 Å². The molecule has 1 atom stereocenters. The third-order valence-electron chi connectivity index (χ3n) is 4.16. The SMILES string of the molecule is Cc1cc2nc(C)c(CCC(=O)NCC(C)CCO)c(C)n2n1. The average molecular weight is 318 g/mol. The molecule has 23 heavy (non-hydrogen) atoms. The van der Waals surface area contributed by atoms with Crippen molar-refractivity contribution in [1.82, 2.24) is 19.9 Å². The van der Waals surface area contributed by atoms with E-state index in [4.69, 9.17) is 5.11 Å². The molecule has 0 aliphatic heterocycles. The Labute approximate surface area is 136 Å². The minimum atomic E-state index is 0.0327. The summed E-state index contributed by atoms with van der Waals surface area (Å²) in [5.41, 5.74) is 4.87. The molecule has 0 aliphatic carbocycles. The Morgan fingerprint density at radius 3 is 2.83 bits per heavy atom. The topological polar surface area (TPSA) is 79.5 Å². The number of amides is 1. The molecule has 6 nitrogen and oxygen atoms in total. The Hall–Kier alpha value is -1.95. The highest BCUT2D eigenvalue weighted by Crippen LogP contribution is 2.17. The first-order valence-electron chi connectivity index (χ1n) is 8.12. The van der Waals surface area contributed by atoms with Crippen molar-refractivity contribution in [2.45, 2.75) is 47.0 Å². The van der Waals surface area contributed by atoms with Crippen molar-refractivity contribution in [3.8, 4) is 0 Å². The standard InChI is InChI=1S/C17H26N4O2/c1-11(7-8-22)10-18-17(23)6-5-15-13(3)19-16-9-12(2)20-21(16)14(15)4/h9,11,22H,5-8,10H2,1-4H3,(H,18,23). The second-order valence-corrected chi connectivity index (χ2v) is 6.24. The molecule has 1 amide bonds. The number of hydrogen-bond acceptors (Lipinski definition) is 4. The van der Waals surface area contributed by atoms with Crippen LogP contribution in [0, 0.1) is 26.7 Å². The number of nitrogens with one attached hydrogen (secondary N) is 1. The molecule has 0 saturated heterocycles. The van der Waals surface area contributed by atoms with E-state index in [1.807, 2.05) is 38.3 Å². The van der Waals surface area contributed by atoms with Gasteiger partial charge in [0, 0.05) is 37.0 Å². The van der Waals surface area contributed by atoms with Gasteiger partial charge in [-0.05, 0) is 45.1 Å². The van der Waals surface area contributed by atoms with Gasteiger partial charge in [0.1, 0.15) is 0 Å². The number of aliphatic hydroxyl groups excluding tert-OH is 1. The average Bonchev–Trinajstić information content (AvgIpc) is 2.86. The molecule has 2 aromatic heterocycles. The van der Waals surface area contributed by atoms with Crippen LogP contribution in [0.3, 0.4) is 0 Å². The van der Waals surface area contributed by atoms with Crippen LogP contribution in [-0.4, -0.2) is 38.8 Å². The zero-order valence-electron chi connectivity index (χ0n) is 14.4. The van der Waals surface area contributed by atoms with Crippen LogP contribution in [0.5, 0.6) is 0 Å². The normalized spacial score (nSPS) is 12.6. The fourth-order valence-electron chi connectivity index (χ4n) is 2.74. The molecule has 1 unspecified atom stereocenters. The smallest absolute Gasteiger partial charge is 0.220 e. The van der Waals surface area contributed by atoms with Gasteiger partial charge in [-0.15, -0.1) is 0 Å². The van der Waals surface area contributed by atoms with Gasteiger partial charge in [-0.3, -0.25) is 4.79 Å². The number of carbonyl (C=O) groups is 1. The van der Waals surface area contributed by atoms with Gasteiger partial charge in [0.25, 0.3) is 0 Å². The van der Waals surface area contributed by atoms with E-state index in [2.05, 4.69) is 15.4 Å². The summed E-state index contributed by atoms with van der Waals surface area (Å²) in [7, 11) is 0. The Kier molecular flexibility index (Phi) is 5.71. The summed E-state index contributed by atoms with van der Waals surface area (Å²) < 4.78 is 1.85. The lowest BCUT2D eigenvalue weighted by molar-refractivity contribution is -0.121. The molecule has 126 valence electrons. The van der Waals surface area contributed by atoms with Crippen molar-refractivity contribution in [2.24, 2.45) is 5.92 Å². The molecular formula is C17H26N4O2. The first-order valence-corrected chi connectivity index (χ1v) is 8.12. The van der Waals surface area contributed by atoms with Crippen molar-refractivity contribution >= 4 is 11.6 Å². The van der Waals surface area contributed by atoms with Gasteiger partial charge in [-0.2, -0.15) is 5.10 Å². The predicted molar refractivity (Wildman–Crippen MR) is 89.4 cm³/mol. The van der Waals surface area contributed by atoms with E-state index in [0.29, 0.717) is 25.8 Å². The van der Waals surface area contributed by atoms with E-state index in [1.54, 1.807) is 0 Å². The minimum Gasteiger partial charge on any atom is -0.396 e. The number of carbonyl (C=O) groups excluding carboxylic acids is 1. The monoisotopic (exact) mass is 318 g/mol. The zero-order valence-corrected chi connectivity index (χ0v) is 14.4. The van der Waals surface area contributed by atoms with E-state index in [-0.39, 0.29) is 18.4 Å². The fraction of sp³-hybridized carbons (Fsp3) is 0.588. The van der Waals surface area contributed by atoms with Gasteiger partial charge in [0.2, 0.25) is 5.91 Å². The Balaban J connectivity index is 2.00. The van der Waals surface area contributed by atoms with Crippen LogP contribution in [0.15, 0.2) is 6.07 Å². The quantitative estimate of drug-likeness (QED) is 0.815. The van der Waals surface area contributed by atoms with Crippen molar-refractivity contribution < 1.29 is 9.90 Å². The van der Waals surface area contributed by atoms with Crippen LogP contribution >= 0.6 is 0 Å². The summed E-state index contributed by atoms with van der Waals surface area (Å²) >= 11 is 0. The van der Waals surface area contributed by atoms with E-state index < -0.39 is 0 Å². The summed E-state index contributed by atoms with van der Waals surface area (Å²) in [6, 6.07) is 1.96. The highest BCUT2D eigenvalue weighted by molar-refractivity contribution is 5.76. The van der Waals surface area contributed by atoms with E-state index in [0.717, 1.165) is 28.3 Å². The zero-order chi connectivity index (χ0) is 17.0. The molecule has 2 rings (SSSR count). The lowest BCUT2D eigenvalue weighted by atomic mass is 10.1. The molecule has 2 N–H and O–H groups in total. The minimum absolute atomic E-state index is 0.0327. The maximum absolute atomic E-state index is 12.0. The summed E-state index contributed by atoms with van der Waals surface area (Å²) in [6.07, 6.45) is 1.79. The van der Waals surface area contributed by atoms with Crippen molar-refractivity contribution in [3.05, 3.63) is 28.7 Å². The van der Waals surface area contributed by atoms with E-state index >= 15 is 0 Å². The van der Waals surface area contributed by atoms with Gasteiger partial charge in [-0.25, -0.2) is 9.50 Å². The van der Waals surface area contributed by atoms with E-state index in [9.17, 15) is 4.79 Å². The molecular weight excluding hydrogens is 292 g/mol. The molecule has 0 spiro atoms. The van der Waals surface area contributed by atoms with E-state index in [1.165, 1.54) is 0 Å². The molecule has 0 aromatic carbocycles. The number of aromatic nitrogens is 3. The maximum Gasteiger partial charge on any atom is 0.220 e. The predicted octanol–water partition coefficient (Wildman–Crippen LogP) is 1.72. The van der Waals surface area contributed by atoms with Crippen LogP contribution in [0.25, 0.3) is 5.65 Å². The lowest BCUT2D eigenvalue weighted by Gasteiger charge is -2.13. The second-order valence-electron chi connectivity index (χ2n) is 6.24. The molecule has 0 aliphatic rings. The largest absolute Gasteiger partial charge is 0.396 e. The van der Waals surface area contributed by atoms with Crippen LogP contribution in [-0.2, 0) is 11.2 Å². The lowest BCUT2D eigenvalue weighted by Crippen LogP contribution is -2.29. The summed E-state index contributed by atoms with van der Waals surface area (Å²) in [5, 5.41) is 16.3. The highest BCUT2D eigenvalue weighted by Gasteiger charge is 2.13. The third kappa shape index (κ3) is 4.28. The second kappa shape index (κ2) is 7.55. The molecule has 6 heteroatoms. The number of rotatable bonds is 7. The maximum atomic E-state index is 12.0. The highest BCUT2D eigenvalue weighted by atomic mass is 16.3. The van der Waals surface area contributed by atoms with Gasteiger partial charge in [-0.1, -0.05) is 6.92 Å². The number of aryl methyl sites for hydroxylation is 3. The van der Waals surface area contributed by atoms with Gasteiger partial charge in [0.05, 0.1) is 5.69 Å². The first kappa shape index (κ1) is 17.4. The van der Waals surface area contributed by atoms with Crippen LogP contribution < -0.4 is 5.32 Å². The number of aliphatic hydroxyl groups is 1. The van der Waals surface area contributed by atoms with Crippen LogP contribution in [0.4, 0.5) is 0 Å². The van der Waals surface area contributed by atoms with Gasteiger partial charge < -0.3 is 10.4 Å². The van der Waals surface area contributed by atoms with Crippen LogP contribution in [0.1, 0.15) is 42.4 Å². The molecule has 2 heterocycles. The molecule has 2 aromatic rings. The first-order chi connectivity index (χ1) is 10.9. The number of hydrogen-bond donors (Lipinski definition) is 2. The van der Waals surface area contributed by atoms with Crippen molar-refractivity contribution in [3.63, 3.8) is 0 Å². The van der Waals surface area contributed by atoms with Gasteiger partial charge >= 0.3 is 0 Å².